The molecule has 1 aromatic heterocycles. The van der Waals surface area contributed by atoms with Crippen LogP contribution in [0.3, 0.4) is 0 Å². The van der Waals surface area contributed by atoms with Crippen LogP contribution in [0.2, 0.25) is 0 Å². The molecule has 5 heteroatoms. The molecule has 1 aliphatic carbocycles. The molecule has 30 heavy (non-hydrogen) atoms. The van der Waals surface area contributed by atoms with Gasteiger partial charge < -0.3 is 5.32 Å². The average Bonchev–Trinajstić information content (AvgIpc) is 2.80. The van der Waals surface area contributed by atoms with Crippen molar-refractivity contribution in [3.63, 3.8) is 0 Å². The van der Waals surface area contributed by atoms with Gasteiger partial charge in [-0.05, 0) is 50.7 Å². The number of piperazine rings is 1. The molecule has 0 spiro atoms. The lowest BCUT2D eigenvalue weighted by Crippen LogP contribution is -2.53. The molecule has 0 saturated carbocycles. The van der Waals surface area contributed by atoms with Crippen LogP contribution in [0.15, 0.2) is 48.2 Å². The maximum absolute atomic E-state index is 12.6. The molecule has 160 valence electrons. The van der Waals surface area contributed by atoms with Gasteiger partial charge in [0.15, 0.2) is 0 Å². The Hall–Kier alpha value is -2.24. The van der Waals surface area contributed by atoms with Gasteiger partial charge in [0, 0.05) is 50.9 Å². The van der Waals surface area contributed by atoms with Crippen LogP contribution >= 0.6 is 0 Å². The number of para-hydroxylation sites is 1. The number of hydrogen-bond donors (Lipinski definition) is 1. The quantitative estimate of drug-likeness (QED) is 0.712. The van der Waals surface area contributed by atoms with Gasteiger partial charge in [0.25, 0.3) is 0 Å². The van der Waals surface area contributed by atoms with Crippen molar-refractivity contribution in [1.82, 2.24) is 20.1 Å². The minimum absolute atomic E-state index is 0.0632. The predicted octanol–water partition coefficient (Wildman–Crippen LogP) is 3.75. The number of nitrogens with zero attached hydrogens (tertiary/aromatic N) is 3. The van der Waals surface area contributed by atoms with Gasteiger partial charge in [0.2, 0.25) is 5.91 Å². The van der Waals surface area contributed by atoms with Crippen LogP contribution in [-0.2, 0) is 11.3 Å². The van der Waals surface area contributed by atoms with E-state index in [9.17, 15) is 4.79 Å². The first-order valence-electron chi connectivity index (χ1n) is 11.5. The first-order valence-corrected chi connectivity index (χ1v) is 11.5. The van der Waals surface area contributed by atoms with E-state index in [1.165, 1.54) is 42.2 Å². The topological polar surface area (TPSA) is 48.5 Å². The van der Waals surface area contributed by atoms with Gasteiger partial charge in [0.05, 0.1) is 11.6 Å². The first kappa shape index (κ1) is 21.0. The predicted molar refractivity (Wildman–Crippen MR) is 122 cm³/mol. The third-order valence-corrected chi connectivity index (χ3v) is 6.57. The number of pyridine rings is 1. The Balaban J connectivity index is 1.23. The van der Waals surface area contributed by atoms with E-state index in [0.717, 1.165) is 51.2 Å². The highest BCUT2D eigenvalue weighted by Crippen LogP contribution is 2.20. The van der Waals surface area contributed by atoms with Crippen LogP contribution < -0.4 is 5.32 Å². The van der Waals surface area contributed by atoms with E-state index in [1.807, 2.05) is 19.2 Å². The minimum atomic E-state index is -0.0632. The van der Waals surface area contributed by atoms with Gasteiger partial charge in [-0.1, -0.05) is 35.9 Å². The van der Waals surface area contributed by atoms with Crippen molar-refractivity contribution in [3.05, 3.63) is 53.7 Å². The van der Waals surface area contributed by atoms with Crippen molar-refractivity contribution >= 4 is 16.8 Å². The summed E-state index contributed by atoms with van der Waals surface area (Å²) in [5, 5.41) is 4.35. The fourth-order valence-electron chi connectivity index (χ4n) is 4.64. The third kappa shape index (κ3) is 5.27. The molecule has 5 nitrogen and oxygen atoms in total. The number of carbonyl (C=O) groups is 1. The number of benzene rings is 1. The third-order valence-electron chi connectivity index (χ3n) is 6.57. The van der Waals surface area contributed by atoms with Gasteiger partial charge in [-0.2, -0.15) is 0 Å². The summed E-state index contributed by atoms with van der Waals surface area (Å²) < 4.78 is 0. The van der Waals surface area contributed by atoms with E-state index in [-0.39, 0.29) is 11.9 Å². The summed E-state index contributed by atoms with van der Waals surface area (Å²) in [4.78, 5) is 22.0. The van der Waals surface area contributed by atoms with Gasteiger partial charge in [0.1, 0.15) is 0 Å². The normalized spacial score (nSPS) is 19.4. The largest absolute Gasteiger partial charge is 0.354 e. The lowest BCUT2D eigenvalue weighted by atomic mass is 9.97. The van der Waals surface area contributed by atoms with Crippen molar-refractivity contribution in [2.45, 2.75) is 51.6 Å². The Labute approximate surface area is 180 Å². The zero-order valence-corrected chi connectivity index (χ0v) is 18.1. The Morgan fingerprint density at radius 2 is 1.97 bits per heavy atom. The molecule has 1 saturated heterocycles. The molecular formula is C25H34N4O. The standard InChI is InChI=1S/C25H34N4O/c1-20(25(30)27-14-12-21-7-3-2-4-8-21)29-17-15-28(16-18-29)19-23-10-5-9-22-11-6-13-26-24(22)23/h5-7,9-11,13,20H,2-4,8,12,14-19H2,1H3,(H,27,30)/t20-/m0/s1. The van der Waals surface area contributed by atoms with Crippen molar-refractivity contribution in [2.75, 3.05) is 32.7 Å². The molecule has 0 unspecified atom stereocenters. The van der Waals surface area contributed by atoms with Gasteiger partial charge in [-0.15, -0.1) is 0 Å². The van der Waals surface area contributed by atoms with Gasteiger partial charge in [-0.3, -0.25) is 19.6 Å². The molecule has 2 aromatic rings. The first-order chi connectivity index (χ1) is 14.7. The van der Waals surface area contributed by atoms with Crippen LogP contribution in [0.4, 0.5) is 0 Å². The number of nitrogens with one attached hydrogen (secondary N) is 1. The average molecular weight is 407 g/mol. The summed E-state index contributed by atoms with van der Waals surface area (Å²) >= 11 is 0. The van der Waals surface area contributed by atoms with Gasteiger partial charge >= 0.3 is 0 Å². The molecule has 2 aliphatic rings. The highest BCUT2D eigenvalue weighted by molar-refractivity contribution is 5.82. The summed E-state index contributed by atoms with van der Waals surface area (Å²) in [5.74, 6) is 0.165. The van der Waals surface area contributed by atoms with E-state index >= 15 is 0 Å². The Bertz CT molecular complexity index is 880. The molecule has 1 aliphatic heterocycles. The molecule has 1 aromatic carbocycles. The lowest BCUT2D eigenvalue weighted by molar-refractivity contribution is -0.126. The van der Waals surface area contributed by atoms with Crippen LogP contribution in [0.1, 0.15) is 44.6 Å². The Kier molecular flexibility index (Phi) is 7.13. The number of fused-ring (bicyclic) bond motifs is 1. The number of rotatable bonds is 7. The Morgan fingerprint density at radius 3 is 2.77 bits per heavy atom. The summed E-state index contributed by atoms with van der Waals surface area (Å²) in [6.45, 7) is 7.54. The second kappa shape index (κ2) is 10.2. The number of hydrogen-bond acceptors (Lipinski definition) is 4. The lowest BCUT2D eigenvalue weighted by Gasteiger charge is -2.37. The molecule has 1 amide bonds. The summed E-state index contributed by atoms with van der Waals surface area (Å²) in [6, 6.07) is 10.5. The minimum Gasteiger partial charge on any atom is -0.354 e. The van der Waals surface area contributed by atoms with Crippen molar-refractivity contribution in [3.8, 4) is 0 Å². The zero-order valence-electron chi connectivity index (χ0n) is 18.1. The maximum Gasteiger partial charge on any atom is 0.237 e. The van der Waals surface area contributed by atoms with Crippen molar-refractivity contribution in [1.29, 1.82) is 0 Å². The van der Waals surface area contributed by atoms with E-state index < -0.39 is 0 Å². The van der Waals surface area contributed by atoms with Crippen LogP contribution in [0, 0.1) is 0 Å². The highest BCUT2D eigenvalue weighted by atomic mass is 16.2. The van der Waals surface area contributed by atoms with Crippen molar-refractivity contribution < 1.29 is 4.79 Å². The number of allylic oxidation sites excluding steroid dienone is 1. The molecule has 2 heterocycles. The molecule has 4 rings (SSSR count). The number of amides is 1. The van der Waals surface area contributed by atoms with Crippen molar-refractivity contribution in [2.24, 2.45) is 0 Å². The zero-order chi connectivity index (χ0) is 20.8. The second-order valence-electron chi connectivity index (χ2n) is 8.63. The molecule has 0 radical (unpaired) electrons. The van der Waals surface area contributed by atoms with E-state index in [4.69, 9.17) is 0 Å². The number of carbonyl (C=O) groups excluding carboxylic acids is 1. The Morgan fingerprint density at radius 1 is 1.13 bits per heavy atom. The molecule has 0 bridgehead atoms. The van der Waals surface area contributed by atoms with Crippen LogP contribution in [0.5, 0.6) is 0 Å². The van der Waals surface area contributed by atoms with E-state index in [2.05, 4.69) is 50.4 Å². The SMILES string of the molecule is C[C@@H](C(=O)NCCC1=CCCCC1)N1CCN(Cc2cccc3cccnc23)CC1. The van der Waals surface area contributed by atoms with Crippen LogP contribution in [-0.4, -0.2) is 59.5 Å². The molecule has 1 N–H and O–H groups in total. The summed E-state index contributed by atoms with van der Waals surface area (Å²) in [5.41, 5.74) is 3.90. The highest BCUT2D eigenvalue weighted by Gasteiger charge is 2.25. The fraction of sp³-hybridized carbons (Fsp3) is 0.520. The molecule has 1 fully saturated rings. The smallest absolute Gasteiger partial charge is 0.237 e. The number of aromatic nitrogens is 1. The van der Waals surface area contributed by atoms with Crippen LogP contribution in [0.25, 0.3) is 10.9 Å². The summed E-state index contributed by atoms with van der Waals surface area (Å²) in [6.07, 6.45) is 10.3. The van der Waals surface area contributed by atoms with Gasteiger partial charge in [-0.25, -0.2) is 0 Å². The monoisotopic (exact) mass is 406 g/mol. The molecule has 1 atom stereocenters. The fourth-order valence-corrected chi connectivity index (χ4v) is 4.64. The summed E-state index contributed by atoms with van der Waals surface area (Å²) in [7, 11) is 0. The second-order valence-corrected chi connectivity index (χ2v) is 8.63. The van der Waals surface area contributed by atoms with E-state index in [0.29, 0.717) is 0 Å². The molecular weight excluding hydrogens is 372 g/mol. The maximum atomic E-state index is 12.6. The van der Waals surface area contributed by atoms with E-state index in [1.54, 1.807) is 0 Å².